The average Bonchev–Trinajstić information content (AvgIpc) is 3.01. The van der Waals surface area contributed by atoms with Crippen LogP contribution in [0.3, 0.4) is 0 Å². The van der Waals surface area contributed by atoms with Gasteiger partial charge in [0.15, 0.2) is 0 Å². The Hall–Kier alpha value is -1.12. The van der Waals surface area contributed by atoms with Crippen LogP contribution in [-0.4, -0.2) is 29.7 Å². The van der Waals surface area contributed by atoms with Gasteiger partial charge in [-0.3, -0.25) is 9.59 Å². The minimum absolute atomic E-state index is 0.0949. The third-order valence-corrected chi connectivity index (χ3v) is 10.00. The highest BCUT2D eigenvalue weighted by Crippen LogP contribution is 2.66. The van der Waals surface area contributed by atoms with Crippen molar-refractivity contribution in [3.8, 4) is 0 Å². The number of hydrogen-bond donors (Lipinski definition) is 0. The number of likely N-dealkylation sites (N-methyl/N-ethyl adjacent to an activating group) is 1. The molecule has 4 rings (SSSR count). The SMILES string of the molecule is CCC(C)(C)C(=O)C1CC[C@H]2[C@@H]3CCC4N(C)C(=O)C=C[C@]4(C)[C@@H]3CC[C@]12C. The summed E-state index contributed by atoms with van der Waals surface area (Å²) < 4.78 is 0. The fourth-order valence-corrected chi connectivity index (χ4v) is 7.81. The minimum Gasteiger partial charge on any atom is -0.338 e. The summed E-state index contributed by atoms with van der Waals surface area (Å²) in [7, 11) is 1.99. The van der Waals surface area contributed by atoms with Gasteiger partial charge in [0.25, 0.3) is 0 Å². The van der Waals surface area contributed by atoms with E-state index in [9.17, 15) is 9.59 Å². The molecule has 1 aliphatic heterocycles. The normalized spacial score (nSPS) is 45.4. The Bertz CT molecular complexity index is 709. The molecular formula is C25H39NO2. The molecule has 3 aliphatic carbocycles. The predicted octanol–water partition coefficient (Wildman–Crippen LogP) is 5.25. The Morgan fingerprint density at radius 1 is 1.14 bits per heavy atom. The maximum Gasteiger partial charge on any atom is 0.246 e. The first-order valence-electron chi connectivity index (χ1n) is 11.6. The molecule has 0 spiro atoms. The van der Waals surface area contributed by atoms with Gasteiger partial charge in [-0.15, -0.1) is 0 Å². The average molecular weight is 386 g/mol. The number of carbonyl (C=O) groups is 2. The second-order valence-electron chi connectivity index (χ2n) is 11.4. The third kappa shape index (κ3) is 2.60. The molecule has 3 heteroatoms. The quantitative estimate of drug-likeness (QED) is 0.665. The number of amides is 1. The van der Waals surface area contributed by atoms with Crippen LogP contribution in [0.2, 0.25) is 0 Å². The molecule has 3 saturated carbocycles. The van der Waals surface area contributed by atoms with Crippen LogP contribution in [0.5, 0.6) is 0 Å². The van der Waals surface area contributed by atoms with Crippen molar-refractivity contribution in [3.63, 3.8) is 0 Å². The van der Waals surface area contributed by atoms with Crippen LogP contribution in [0, 0.1) is 39.9 Å². The van der Waals surface area contributed by atoms with Gasteiger partial charge in [0.2, 0.25) is 5.91 Å². The Morgan fingerprint density at radius 3 is 2.54 bits per heavy atom. The highest BCUT2D eigenvalue weighted by atomic mass is 16.2. The molecule has 0 aromatic heterocycles. The van der Waals surface area contributed by atoms with Crippen molar-refractivity contribution in [2.24, 2.45) is 39.9 Å². The van der Waals surface area contributed by atoms with Crippen LogP contribution in [-0.2, 0) is 9.59 Å². The van der Waals surface area contributed by atoms with Crippen molar-refractivity contribution in [1.82, 2.24) is 4.90 Å². The molecule has 3 nitrogen and oxygen atoms in total. The summed E-state index contributed by atoms with van der Waals surface area (Å²) >= 11 is 0. The van der Waals surface area contributed by atoms with E-state index in [1.165, 1.54) is 25.7 Å². The number of rotatable bonds is 3. The van der Waals surface area contributed by atoms with E-state index in [1.807, 2.05) is 18.0 Å². The van der Waals surface area contributed by atoms with E-state index in [0.717, 1.165) is 19.3 Å². The molecule has 156 valence electrons. The van der Waals surface area contributed by atoms with E-state index >= 15 is 0 Å². The topological polar surface area (TPSA) is 37.4 Å². The zero-order valence-corrected chi connectivity index (χ0v) is 18.8. The second-order valence-corrected chi connectivity index (χ2v) is 11.4. The summed E-state index contributed by atoms with van der Waals surface area (Å²) in [5, 5.41) is 0. The van der Waals surface area contributed by atoms with Gasteiger partial charge in [-0.05, 0) is 74.2 Å². The Kier molecular flexibility index (Phi) is 4.64. The van der Waals surface area contributed by atoms with Crippen LogP contribution < -0.4 is 0 Å². The molecule has 3 fully saturated rings. The van der Waals surface area contributed by atoms with E-state index in [2.05, 4.69) is 40.7 Å². The first-order valence-corrected chi connectivity index (χ1v) is 11.6. The van der Waals surface area contributed by atoms with Crippen LogP contribution in [0.1, 0.15) is 79.6 Å². The largest absolute Gasteiger partial charge is 0.338 e. The van der Waals surface area contributed by atoms with Gasteiger partial charge in [-0.2, -0.15) is 0 Å². The summed E-state index contributed by atoms with van der Waals surface area (Å²) in [5.41, 5.74) is 0.0733. The van der Waals surface area contributed by atoms with Crippen molar-refractivity contribution < 1.29 is 9.59 Å². The lowest BCUT2D eigenvalue weighted by atomic mass is 9.47. The van der Waals surface area contributed by atoms with Crippen molar-refractivity contribution in [3.05, 3.63) is 12.2 Å². The smallest absolute Gasteiger partial charge is 0.246 e. The zero-order valence-electron chi connectivity index (χ0n) is 18.8. The highest BCUT2D eigenvalue weighted by Gasteiger charge is 2.62. The van der Waals surface area contributed by atoms with Crippen LogP contribution >= 0.6 is 0 Å². The van der Waals surface area contributed by atoms with Gasteiger partial charge in [0, 0.05) is 29.8 Å². The maximum atomic E-state index is 13.4. The molecule has 0 N–H and O–H groups in total. The molecule has 0 bridgehead atoms. The van der Waals surface area contributed by atoms with Crippen LogP contribution in [0.15, 0.2) is 12.2 Å². The first kappa shape index (κ1) is 20.2. The lowest BCUT2D eigenvalue weighted by Gasteiger charge is -2.60. The van der Waals surface area contributed by atoms with Gasteiger partial charge in [0.05, 0.1) is 0 Å². The van der Waals surface area contributed by atoms with Crippen molar-refractivity contribution in [1.29, 1.82) is 0 Å². The molecule has 1 heterocycles. The molecule has 7 atom stereocenters. The van der Waals surface area contributed by atoms with E-state index in [-0.39, 0.29) is 28.1 Å². The summed E-state index contributed by atoms with van der Waals surface area (Å²) in [6.07, 6.45) is 12.0. The fourth-order valence-electron chi connectivity index (χ4n) is 7.81. The van der Waals surface area contributed by atoms with E-state index < -0.39 is 0 Å². The van der Waals surface area contributed by atoms with E-state index in [1.54, 1.807) is 0 Å². The lowest BCUT2D eigenvalue weighted by molar-refractivity contribution is -0.145. The summed E-state index contributed by atoms with van der Waals surface area (Å²) in [6.45, 7) is 11.3. The van der Waals surface area contributed by atoms with Gasteiger partial charge in [-0.25, -0.2) is 0 Å². The molecule has 0 aromatic carbocycles. The van der Waals surface area contributed by atoms with Gasteiger partial charge in [-0.1, -0.05) is 40.7 Å². The second kappa shape index (κ2) is 6.44. The Labute approximate surface area is 171 Å². The monoisotopic (exact) mass is 385 g/mol. The van der Waals surface area contributed by atoms with Crippen LogP contribution in [0.4, 0.5) is 0 Å². The molecule has 0 radical (unpaired) electrons. The Balaban J connectivity index is 1.63. The molecule has 2 unspecified atom stereocenters. The minimum atomic E-state index is -0.196. The Morgan fingerprint density at radius 2 is 1.86 bits per heavy atom. The number of fused-ring (bicyclic) bond motifs is 5. The summed E-state index contributed by atoms with van der Waals surface area (Å²) in [5.74, 6) is 2.93. The first-order chi connectivity index (χ1) is 13.1. The number of hydrogen-bond acceptors (Lipinski definition) is 2. The number of nitrogens with zero attached hydrogens (tertiary/aromatic N) is 1. The van der Waals surface area contributed by atoms with Crippen molar-refractivity contribution in [2.45, 2.75) is 85.6 Å². The standard InChI is InChI=1S/C25H39NO2/c1-7-23(2,3)22(28)19-10-9-17-16-8-11-20-25(5,15-13-21(27)26(20)6)18(16)12-14-24(17,19)4/h13,15-20H,7-12,14H2,1-6H3/t16-,17-,18+,19?,20?,24-,25+/m0/s1. The number of carbonyl (C=O) groups excluding carboxylic acids is 2. The molecule has 28 heavy (non-hydrogen) atoms. The summed E-state index contributed by atoms with van der Waals surface area (Å²) in [6, 6.07) is 0.341. The zero-order chi connectivity index (χ0) is 20.5. The van der Waals surface area contributed by atoms with Gasteiger partial charge >= 0.3 is 0 Å². The van der Waals surface area contributed by atoms with Crippen molar-refractivity contribution >= 4 is 11.7 Å². The van der Waals surface area contributed by atoms with Gasteiger partial charge < -0.3 is 4.90 Å². The number of ketones is 1. The third-order valence-electron chi connectivity index (χ3n) is 10.00. The fraction of sp³-hybridized carbons (Fsp3) is 0.840. The number of Topliss-reactive ketones (excluding diaryl/α,β-unsaturated/α-hetero) is 1. The maximum absolute atomic E-state index is 13.4. The predicted molar refractivity (Wildman–Crippen MR) is 113 cm³/mol. The lowest BCUT2D eigenvalue weighted by Crippen LogP contribution is -2.59. The molecule has 0 saturated heterocycles. The molecule has 0 aromatic rings. The van der Waals surface area contributed by atoms with Crippen LogP contribution in [0.25, 0.3) is 0 Å². The summed E-state index contributed by atoms with van der Waals surface area (Å²) in [4.78, 5) is 27.7. The molecule has 4 aliphatic rings. The van der Waals surface area contributed by atoms with E-state index in [4.69, 9.17) is 0 Å². The van der Waals surface area contributed by atoms with Crippen molar-refractivity contribution in [2.75, 3.05) is 7.05 Å². The molecule has 1 amide bonds. The van der Waals surface area contributed by atoms with Gasteiger partial charge in [0.1, 0.15) is 5.78 Å². The molecular weight excluding hydrogens is 346 g/mol. The van der Waals surface area contributed by atoms with E-state index in [0.29, 0.717) is 29.6 Å². The highest BCUT2D eigenvalue weighted by molar-refractivity contribution is 5.89.